The van der Waals surface area contributed by atoms with Gasteiger partial charge in [-0.15, -0.1) is 11.3 Å². The van der Waals surface area contributed by atoms with Gasteiger partial charge in [-0.2, -0.15) is 5.10 Å². The van der Waals surface area contributed by atoms with Crippen LogP contribution in [0.25, 0.3) is 11.5 Å². The van der Waals surface area contributed by atoms with Crippen LogP contribution in [0.3, 0.4) is 0 Å². The third-order valence-electron chi connectivity index (χ3n) is 6.81. The van der Waals surface area contributed by atoms with Crippen molar-refractivity contribution in [3.05, 3.63) is 118 Å². The minimum Gasteiger partial charge on any atom is -0.465 e. The monoisotopic (exact) mass is 541 g/mol. The second-order valence-electron chi connectivity index (χ2n) is 9.11. The van der Waals surface area contributed by atoms with E-state index < -0.39 is 18.0 Å². The number of carbonyl (C=O) groups excluding carboxylic acids is 2. The van der Waals surface area contributed by atoms with E-state index in [9.17, 15) is 14.0 Å². The van der Waals surface area contributed by atoms with Crippen molar-refractivity contribution < 1.29 is 18.7 Å². The summed E-state index contributed by atoms with van der Waals surface area (Å²) < 4.78 is 22.7. The van der Waals surface area contributed by atoms with Gasteiger partial charge in [0, 0.05) is 11.8 Å². The fraction of sp³-hybridized carbons (Fsp3) is 0.138. The molecule has 4 heterocycles. The molecule has 0 spiro atoms. The minimum absolute atomic E-state index is 0.223. The minimum atomic E-state index is -0.558. The summed E-state index contributed by atoms with van der Waals surface area (Å²) in [6.45, 7) is 2.14. The molecule has 1 aliphatic heterocycles. The summed E-state index contributed by atoms with van der Waals surface area (Å²) in [6.07, 6.45) is 1.95. The van der Waals surface area contributed by atoms with Gasteiger partial charge in [-0.1, -0.05) is 30.3 Å². The van der Waals surface area contributed by atoms with Crippen molar-refractivity contribution in [3.63, 3.8) is 0 Å². The number of halogens is 1. The number of amides is 2. The summed E-state index contributed by atoms with van der Waals surface area (Å²) in [5, 5.41) is 9.47. The Morgan fingerprint density at radius 2 is 1.82 bits per heavy atom. The summed E-state index contributed by atoms with van der Waals surface area (Å²) in [7, 11) is 1.30. The second kappa shape index (κ2) is 9.88. The van der Waals surface area contributed by atoms with Crippen molar-refractivity contribution in [1.82, 2.24) is 19.2 Å². The number of carbonyl (C=O) groups is 2. The van der Waals surface area contributed by atoms with E-state index in [1.54, 1.807) is 28.5 Å². The number of para-hydroxylation sites is 1. The van der Waals surface area contributed by atoms with Gasteiger partial charge in [0.25, 0.3) is 0 Å². The first-order chi connectivity index (χ1) is 19.0. The Balaban J connectivity index is 1.51. The normalized spacial score (nSPS) is 14.3. The number of aromatic nitrogens is 3. The molecule has 0 saturated heterocycles. The van der Waals surface area contributed by atoms with Gasteiger partial charge in [-0.3, -0.25) is 0 Å². The van der Waals surface area contributed by atoms with Crippen LogP contribution in [-0.4, -0.2) is 38.4 Å². The third kappa shape index (κ3) is 4.28. The van der Waals surface area contributed by atoms with E-state index in [2.05, 4.69) is 5.32 Å². The van der Waals surface area contributed by atoms with E-state index in [1.807, 2.05) is 64.8 Å². The van der Waals surface area contributed by atoms with Crippen LogP contribution in [0.4, 0.5) is 14.9 Å². The van der Waals surface area contributed by atoms with Gasteiger partial charge in [-0.25, -0.2) is 18.7 Å². The van der Waals surface area contributed by atoms with Gasteiger partial charge in [-0.05, 0) is 60.3 Å². The summed E-state index contributed by atoms with van der Waals surface area (Å²) >= 11 is 1.19. The molecule has 2 aromatic carbocycles. The lowest BCUT2D eigenvalue weighted by Crippen LogP contribution is -2.38. The topological polar surface area (TPSA) is 81.4 Å². The summed E-state index contributed by atoms with van der Waals surface area (Å²) in [4.78, 5) is 28.3. The number of nitrogens with zero attached hydrogens (tertiary/aromatic N) is 4. The molecule has 0 unspecified atom stereocenters. The molecule has 6 rings (SSSR count). The number of nitrogens with one attached hydrogen (secondary N) is 1. The first-order valence-electron chi connectivity index (χ1n) is 12.3. The van der Waals surface area contributed by atoms with E-state index in [-0.39, 0.29) is 12.4 Å². The van der Waals surface area contributed by atoms with E-state index in [0.717, 1.165) is 34.0 Å². The number of aryl methyl sites for hydroxylation is 1. The molecular weight excluding hydrogens is 517 g/mol. The van der Waals surface area contributed by atoms with Crippen LogP contribution in [0, 0.1) is 12.7 Å². The molecule has 196 valence electrons. The van der Waals surface area contributed by atoms with Crippen molar-refractivity contribution in [2.24, 2.45) is 0 Å². The van der Waals surface area contributed by atoms with Gasteiger partial charge < -0.3 is 19.5 Å². The highest BCUT2D eigenvalue weighted by molar-refractivity contribution is 7.12. The Kier molecular flexibility index (Phi) is 6.24. The number of benzene rings is 2. The summed E-state index contributed by atoms with van der Waals surface area (Å²) in [6, 6.07) is 20.5. The molecule has 1 N–H and O–H groups in total. The van der Waals surface area contributed by atoms with Gasteiger partial charge in [0.1, 0.15) is 16.5 Å². The highest BCUT2D eigenvalue weighted by Crippen LogP contribution is 2.39. The number of esters is 1. The van der Waals surface area contributed by atoms with Crippen LogP contribution in [0.5, 0.6) is 0 Å². The molecule has 0 bridgehead atoms. The highest BCUT2D eigenvalue weighted by Gasteiger charge is 2.36. The zero-order valence-corrected chi connectivity index (χ0v) is 22.0. The van der Waals surface area contributed by atoms with Crippen LogP contribution >= 0.6 is 11.3 Å². The number of urea groups is 1. The molecule has 0 radical (unpaired) electrons. The molecule has 2 amide bonds. The van der Waals surface area contributed by atoms with E-state index in [4.69, 9.17) is 9.84 Å². The maximum absolute atomic E-state index is 14.0. The Hall–Kier alpha value is -4.70. The van der Waals surface area contributed by atoms with Gasteiger partial charge in [0.05, 0.1) is 42.5 Å². The fourth-order valence-corrected chi connectivity index (χ4v) is 5.76. The standard InChI is InChI=1S/C29H24FN5O3S/c1-18-22-17-34(29(37)31-23-14-16-39-26(23)28(36)38-2)25(19-10-12-20(30)13-11-19)24-9-6-15-33(24)27(22)35(32-18)21-7-4-3-5-8-21/h3-16,25H,17H2,1-2H3,(H,31,37)/t25-/m0/s1. The smallest absolute Gasteiger partial charge is 0.350 e. The summed E-state index contributed by atoms with van der Waals surface area (Å²) in [5.74, 6) is -0.0621. The number of thiophene rings is 1. The molecule has 0 fully saturated rings. The zero-order valence-electron chi connectivity index (χ0n) is 21.2. The number of rotatable bonds is 4. The van der Waals surface area contributed by atoms with Crippen LogP contribution in [-0.2, 0) is 11.3 Å². The van der Waals surface area contributed by atoms with Crippen molar-refractivity contribution in [2.45, 2.75) is 19.5 Å². The molecule has 8 nitrogen and oxygen atoms in total. The molecule has 1 atom stereocenters. The quantitative estimate of drug-likeness (QED) is 0.279. The van der Waals surface area contributed by atoms with Crippen molar-refractivity contribution in [3.8, 4) is 11.5 Å². The van der Waals surface area contributed by atoms with E-state index in [0.29, 0.717) is 10.6 Å². The van der Waals surface area contributed by atoms with Crippen LogP contribution in [0.15, 0.2) is 84.4 Å². The van der Waals surface area contributed by atoms with Crippen LogP contribution in [0.2, 0.25) is 0 Å². The Morgan fingerprint density at radius 1 is 1.05 bits per heavy atom. The number of fused-ring (bicyclic) bond motifs is 3. The van der Waals surface area contributed by atoms with Crippen molar-refractivity contribution in [2.75, 3.05) is 12.4 Å². The predicted molar refractivity (Wildman–Crippen MR) is 146 cm³/mol. The molecular formula is C29H24FN5O3S. The average molecular weight is 542 g/mol. The molecule has 3 aromatic heterocycles. The zero-order chi connectivity index (χ0) is 27.1. The maximum Gasteiger partial charge on any atom is 0.350 e. The number of hydrogen-bond donors (Lipinski definition) is 1. The lowest BCUT2D eigenvalue weighted by atomic mass is 10.0. The molecule has 0 aliphatic carbocycles. The Morgan fingerprint density at radius 3 is 2.56 bits per heavy atom. The predicted octanol–water partition coefficient (Wildman–Crippen LogP) is 6.10. The lowest BCUT2D eigenvalue weighted by molar-refractivity contribution is 0.0607. The SMILES string of the molecule is COC(=O)c1sccc1NC(=O)N1Cc2c(C)nn(-c3ccccc3)c2-n2cccc2[C@@H]1c1ccc(F)cc1. The third-order valence-corrected chi connectivity index (χ3v) is 7.71. The number of methoxy groups -OCH3 is 1. The Bertz CT molecular complexity index is 1670. The number of hydrogen-bond acceptors (Lipinski definition) is 5. The molecule has 10 heteroatoms. The number of ether oxygens (including phenoxy) is 1. The van der Waals surface area contributed by atoms with Crippen molar-refractivity contribution >= 4 is 29.0 Å². The first-order valence-corrected chi connectivity index (χ1v) is 13.1. The van der Waals surface area contributed by atoms with Gasteiger partial charge in [0.2, 0.25) is 0 Å². The van der Waals surface area contributed by atoms with Gasteiger partial charge in [0.15, 0.2) is 0 Å². The largest absolute Gasteiger partial charge is 0.465 e. The van der Waals surface area contributed by atoms with E-state index in [1.165, 1.54) is 30.6 Å². The number of anilines is 1. The second-order valence-corrected chi connectivity index (χ2v) is 10.0. The van der Waals surface area contributed by atoms with Crippen LogP contribution in [0.1, 0.15) is 38.2 Å². The van der Waals surface area contributed by atoms with Crippen molar-refractivity contribution in [1.29, 1.82) is 0 Å². The average Bonchev–Trinajstić information content (AvgIpc) is 3.67. The first kappa shape index (κ1) is 24.6. The molecule has 5 aromatic rings. The lowest BCUT2D eigenvalue weighted by Gasteiger charge is -2.31. The highest BCUT2D eigenvalue weighted by atomic mass is 32.1. The Labute approximate surface area is 227 Å². The summed E-state index contributed by atoms with van der Waals surface area (Å²) in [5.41, 5.74) is 4.45. The molecule has 1 aliphatic rings. The fourth-order valence-electron chi connectivity index (χ4n) is 4.99. The van der Waals surface area contributed by atoms with Gasteiger partial charge >= 0.3 is 12.0 Å². The van der Waals surface area contributed by atoms with E-state index >= 15 is 0 Å². The van der Waals surface area contributed by atoms with Crippen LogP contribution < -0.4 is 5.32 Å². The molecule has 0 saturated carbocycles. The maximum atomic E-state index is 14.0. The molecule has 39 heavy (non-hydrogen) atoms.